The van der Waals surface area contributed by atoms with Crippen molar-refractivity contribution in [3.8, 4) is 44.8 Å². The minimum Gasteiger partial charge on any atom is -1.00 e. The van der Waals surface area contributed by atoms with Crippen molar-refractivity contribution in [3.63, 3.8) is 0 Å². The molecule has 0 spiro atoms. The molecule has 59 heavy (non-hydrogen) atoms. The molecule has 0 atom stereocenters. The van der Waals surface area contributed by atoms with Crippen molar-refractivity contribution in [2.75, 3.05) is 0 Å². The number of ether oxygens (including phenoxy) is 1. The third-order valence-electron chi connectivity index (χ3n) is 9.56. The van der Waals surface area contributed by atoms with Crippen LogP contribution in [-0.2, 0) is 24.9 Å². The summed E-state index contributed by atoms with van der Waals surface area (Å²) in [6, 6.07) is 43.6. The van der Waals surface area contributed by atoms with E-state index in [1.165, 1.54) is 5.56 Å². The Labute approximate surface area is 348 Å². The zero-order valence-corrected chi connectivity index (χ0v) is 34.1. The van der Waals surface area contributed by atoms with E-state index >= 15 is 0 Å². The van der Waals surface area contributed by atoms with E-state index in [-0.39, 0.29) is 23.5 Å². The van der Waals surface area contributed by atoms with E-state index in [0.717, 1.165) is 56.9 Å². The molecule has 10 nitrogen and oxygen atoms in total. The Balaban J connectivity index is 0.000000199. The van der Waals surface area contributed by atoms with E-state index in [2.05, 4.69) is 40.3 Å². The van der Waals surface area contributed by atoms with Crippen LogP contribution in [0.4, 0.5) is 4.79 Å². The molecule has 4 aromatic carbocycles. The molecular weight excluding hydrogens is 760 g/mol. The highest BCUT2D eigenvalue weighted by Gasteiger charge is 2.17. The second-order valence-corrected chi connectivity index (χ2v) is 14.9. The standard InChI is InChI=1S/C26H25N3O3.C22H19N3O.ClH/c1-26(2,3)32-25(31)28-16-17-9-11-19(12-10-17)23-20(18-7-5-4-6-8-18)15-21-22(29-23)13-14-27-24(21)30;1-25-12-11-20-19(22(25)26)13-18(16-5-3-2-4-6-16)21(24-20)17-9-7-15(14-23)8-10-17;/h4-15H,16H2,1-3H3,(H,27,30)(H,28,31);2-13H,14,23H2,1H3;1H. The monoisotopic (exact) mass is 804 g/mol. The summed E-state index contributed by atoms with van der Waals surface area (Å²) in [5.74, 6) is 0. The number of hydrogen-bond acceptors (Lipinski definition) is 6. The lowest BCUT2D eigenvalue weighted by atomic mass is 9.97. The van der Waals surface area contributed by atoms with Gasteiger partial charge in [0.2, 0.25) is 0 Å². The van der Waals surface area contributed by atoms with Crippen LogP contribution in [-0.4, -0.2) is 31.2 Å². The molecule has 0 bridgehead atoms. The smallest absolute Gasteiger partial charge is 0.407 e. The lowest BCUT2D eigenvalue weighted by Crippen LogP contribution is -3.00. The third-order valence-corrected chi connectivity index (χ3v) is 9.56. The Kier molecular flexibility index (Phi) is 12.8. The van der Waals surface area contributed by atoms with E-state index in [0.29, 0.717) is 28.4 Å². The van der Waals surface area contributed by atoms with Crippen molar-refractivity contribution in [1.82, 2.24) is 24.8 Å². The molecule has 0 unspecified atom stereocenters. The van der Waals surface area contributed by atoms with Gasteiger partial charge < -0.3 is 37.7 Å². The normalized spacial score (nSPS) is 11.0. The molecule has 4 aromatic heterocycles. The van der Waals surface area contributed by atoms with Crippen LogP contribution in [0.15, 0.2) is 155 Å². The highest BCUT2D eigenvalue weighted by Crippen LogP contribution is 2.34. The van der Waals surface area contributed by atoms with Gasteiger partial charge in [0, 0.05) is 53.8 Å². The van der Waals surface area contributed by atoms with Gasteiger partial charge in [0.15, 0.2) is 0 Å². The number of aryl methyl sites for hydroxylation is 1. The lowest BCUT2D eigenvalue weighted by molar-refractivity contribution is -0.386. The topological polar surface area (TPSA) is 147 Å². The number of fused-ring (bicyclic) bond motifs is 2. The van der Waals surface area contributed by atoms with Crippen LogP contribution in [0.1, 0.15) is 31.9 Å². The number of benzene rings is 4. The van der Waals surface area contributed by atoms with Gasteiger partial charge in [-0.05, 0) is 61.7 Å². The first-order chi connectivity index (χ1) is 28.0. The van der Waals surface area contributed by atoms with Gasteiger partial charge in [-0.25, -0.2) is 14.8 Å². The molecule has 0 aliphatic carbocycles. The number of alkyl carbamates (subject to hydrolysis) is 1. The number of aromatic amines is 1. The molecule has 0 aliphatic heterocycles. The van der Waals surface area contributed by atoms with Crippen molar-refractivity contribution >= 4 is 27.9 Å². The zero-order chi connectivity index (χ0) is 40.8. The van der Waals surface area contributed by atoms with E-state index < -0.39 is 11.7 Å². The number of rotatable bonds is 7. The summed E-state index contributed by atoms with van der Waals surface area (Å²) >= 11 is 0. The molecule has 0 radical (unpaired) electrons. The van der Waals surface area contributed by atoms with Crippen LogP contribution in [0.5, 0.6) is 0 Å². The minimum atomic E-state index is -0.536. The highest BCUT2D eigenvalue weighted by atomic mass is 35.5. The molecule has 4 heterocycles. The van der Waals surface area contributed by atoms with Gasteiger partial charge in [0.25, 0.3) is 11.1 Å². The number of halogens is 1. The van der Waals surface area contributed by atoms with Crippen molar-refractivity contribution in [2.45, 2.75) is 39.5 Å². The van der Waals surface area contributed by atoms with Gasteiger partial charge in [-0.1, -0.05) is 109 Å². The van der Waals surface area contributed by atoms with Gasteiger partial charge in [-0.2, -0.15) is 0 Å². The number of carbonyl (C=O) groups is 1. The summed E-state index contributed by atoms with van der Waals surface area (Å²) < 4.78 is 6.86. The van der Waals surface area contributed by atoms with E-state index in [4.69, 9.17) is 14.7 Å². The molecule has 0 fully saturated rings. The second-order valence-electron chi connectivity index (χ2n) is 14.9. The number of pyridine rings is 4. The van der Waals surface area contributed by atoms with Crippen LogP contribution in [0.3, 0.4) is 0 Å². The molecule has 0 aliphatic rings. The summed E-state index contributed by atoms with van der Waals surface area (Å²) in [6.07, 6.45) is 2.92. The Hall–Kier alpha value is -6.88. The van der Waals surface area contributed by atoms with Gasteiger partial charge in [-0.3, -0.25) is 9.59 Å². The lowest BCUT2D eigenvalue weighted by Gasteiger charge is -2.19. The fourth-order valence-corrected chi connectivity index (χ4v) is 6.59. The van der Waals surface area contributed by atoms with Crippen LogP contribution < -0.4 is 34.6 Å². The zero-order valence-electron chi connectivity index (χ0n) is 33.3. The number of nitrogens with one attached hydrogen (secondary N) is 2. The van der Waals surface area contributed by atoms with E-state index in [1.807, 2.05) is 124 Å². The predicted molar refractivity (Wildman–Crippen MR) is 231 cm³/mol. The minimum absolute atomic E-state index is 0. The molecule has 11 heteroatoms. The molecule has 5 N–H and O–H groups in total. The summed E-state index contributed by atoms with van der Waals surface area (Å²) in [4.78, 5) is 49.2. The van der Waals surface area contributed by atoms with E-state index in [9.17, 15) is 14.4 Å². The van der Waals surface area contributed by atoms with Gasteiger partial charge >= 0.3 is 6.09 Å². The third kappa shape index (κ3) is 9.81. The van der Waals surface area contributed by atoms with Crippen molar-refractivity contribution in [3.05, 3.63) is 178 Å². The number of nitrogens with zero attached hydrogens (tertiary/aromatic N) is 3. The largest absolute Gasteiger partial charge is 1.00 e. The summed E-state index contributed by atoms with van der Waals surface area (Å²) in [5.41, 5.74) is 14.2. The van der Waals surface area contributed by atoms with Gasteiger partial charge in [-0.15, -0.1) is 0 Å². The Morgan fingerprint density at radius 1 is 0.695 bits per heavy atom. The molecule has 0 saturated carbocycles. The number of hydrogen-bond donors (Lipinski definition) is 3. The van der Waals surface area contributed by atoms with Crippen LogP contribution in [0.2, 0.25) is 0 Å². The average molecular weight is 805 g/mol. The van der Waals surface area contributed by atoms with Crippen molar-refractivity contribution < 1.29 is 27.7 Å². The summed E-state index contributed by atoms with van der Waals surface area (Å²) in [5, 5.41) is 3.95. The van der Waals surface area contributed by atoms with Gasteiger partial charge in [0.1, 0.15) is 5.60 Å². The second kappa shape index (κ2) is 18.1. The van der Waals surface area contributed by atoms with Crippen molar-refractivity contribution in [2.24, 2.45) is 7.05 Å². The van der Waals surface area contributed by atoms with Crippen LogP contribution >= 0.6 is 0 Å². The molecule has 8 rings (SSSR count). The van der Waals surface area contributed by atoms with Crippen LogP contribution in [0, 0.1) is 0 Å². The maximum Gasteiger partial charge on any atom is 0.407 e. The molecule has 0 saturated heterocycles. The Bertz CT molecular complexity index is 2840. The summed E-state index contributed by atoms with van der Waals surface area (Å²) in [6.45, 7) is 6.61. The number of quaternary nitrogens is 1. The first-order valence-corrected chi connectivity index (χ1v) is 19.1. The number of H-pyrrole nitrogens is 1. The number of aromatic nitrogens is 4. The molecule has 1 amide bonds. The quantitative estimate of drug-likeness (QED) is 0.200. The Morgan fingerprint density at radius 3 is 1.73 bits per heavy atom. The maximum atomic E-state index is 12.6. The Morgan fingerprint density at radius 2 is 1.20 bits per heavy atom. The molecule has 298 valence electrons. The first kappa shape index (κ1) is 41.7. The highest BCUT2D eigenvalue weighted by molar-refractivity contribution is 5.92. The van der Waals surface area contributed by atoms with Crippen LogP contribution in [0.25, 0.3) is 66.6 Å². The maximum absolute atomic E-state index is 12.6. The van der Waals surface area contributed by atoms with Crippen molar-refractivity contribution in [1.29, 1.82) is 0 Å². The van der Waals surface area contributed by atoms with Gasteiger partial charge in [0.05, 0.1) is 39.7 Å². The SMILES string of the molecule is CC(C)(C)OC(=O)NCc1ccc(-c2nc3cc[nH]c(=O)c3cc2-c2ccccc2)cc1.Cn1ccc2nc(-c3ccc(C[NH3+])cc3)c(-c3ccccc3)cc2c1=O.[Cl-]. The average Bonchev–Trinajstić information content (AvgIpc) is 3.24. The number of carbonyl (C=O) groups excluding carboxylic acids is 1. The fraction of sp³-hybridized carbons (Fsp3) is 0.146. The first-order valence-electron chi connectivity index (χ1n) is 19.1. The number of amides is 1. The molecular formula is C48H45ClN6O4. The summed E-state index contributed by atoms with van der Waals surface area (Å²) in [7, 11) is 1.76. The fourth-order valence-electron chi connectivity index (χ4n) is 6.59. The predicted octanol–water partition coefficient (Wildman–Crippen LogP) is 5.30. The van der Waals surface area contributed by atoms with E-state index in [1.54, 1.807) is 30.1 Å². The molecule has 8 aromatic rings.